The van der Waals surface area contributed by atoms with Gasteiger partial charge >= 0.3 is 17.9 Å². The first-order valence-electron chi connectivity index (χ1n) is 6.50. The molecule has 4 atom stereocenters. The lowest BCUT2D eigenvalue weighted by molar-refractivity contribution is -0.141. The lowest BCUT2D eigenvalue weighted by Gasteiger charge is -2.06. The second kappa shape index (κ2) is 15.5. The average Bonchev–Trinajstić information content (AvgIpc) is 2.44. The molecule has 0 saturated carbocycles. The summed E-state index contributed by atoms with van der Waals surface area (Å²) in [6, 6.07) is -2.57. The molecule has 0 spiro atoms. The lowest BCUT2D eigenvalue weighted by atomic mass is 10.2. The zero-order valence-corrected chi connectivity index (χ0v) is 14.2. The maximum absolute atomic E-state index is 10.1. The fourth-order valence-corrected chi connectivity index (χ4v) is 1.06. The number of hydrogen-bond acceptors (Lipinski definition) is 8. The molecule has 138 valence electrons. The van der Waals surface area contributed by atoms with Crippen LogP contribution in [-0.4, -0.2) is 74.6 Å². The first kappa shape index (κ1) is 26.5. The minimum absolute atomic E-state index is 0.552. The van der Waals surface area contributed by atoms with Gasteiger partial charge in [0.1, 0.15) is 18.1 Å². The van der Waals surface area contributed by atoms with Gasteiger partial charge in [-0.05, 0) is 32.3 Å². The van der Waals surface area contributed by atoms with Crippen molar-refractivity contribution in [3.05, 3.63) is 0 Å². The normalized spacial score (nSPS) is 14.7. The van der Waals surface area contributed by atoms with Crippen LogP contribution in [0.1, 0.15) is 20.3 Å². The van der Waals surface area contributed by atoms with Gasteiger partial charge < -0.3 is 37.6 Å². The predicted octanol–water partition coefficient (Wildman–Crippen LogP) is -1.65. The van der Waals surface area contributed by atoms with E-state index in [-0.39, 0.29) is 0 Å². The van der Waals surface area contributed by atoms with Gasteiger partial charge in [-0.25, -0.2) is 0 Å². The predicted molar refractivity (Wildman–Crippen MR) is 87.2 cm³/mol. The highest BCUT2D eigenvalue weighted by Crippen LogP contribution is 1.97. The van der Waals surface area contributed by atoms with Crippen LogP contribution in [0.25, 0.3) is 0 Å². The van der Waals surface area contributed by atoms with Crippen LogP contribution in [0, 0.1) is 0 Å². The first-order valence-corrected chi connectivity index (χ1v) is 7.89. The van der Waals surface area contributed by atoms with Crippen molar-refractivity contribution in [2.75, 3.05) is 12.0 Å². The zero-order chi connectivity index (χ0) is 19.2. The van der Waals surface area contributed by atoms with Crippen LogP contribution < -0.4 is 17.2 Å². The summed E-state index contributed by atoms with van der Waals surface area (Å²) in [4.78, 5) is 29.5. The Hall–Kier alpha value is -1.40. The van der Waals surface area contributed by atoms with Gasteiger partial charge in [-0.2, -0.15) is 11.8 Å². The van der Waals surface area contributed by atoms with Crippen molar-refractivity contribution in [3.8, 4) is 0 Å². The molecule has 0 aromatic rings. The third-order valence-electron chi connectivity index (χ3n) is 2.14. The fraction of sp³-hybridized carbons (Fsp3) is 0.750. The van der Waals surface area contributed by atoms with Crippen LogP contribution in [0.15, 0.2) is 0 Å². The summed E-state index contributed by atoms with van der Waals surface area (Å²) in [5.41, 5.74) is 14.9. The van der Waals surface area contributed by atoms with Crippen molar-refractivity contribution < 1.29 is 34.8 Å². The SMILES string of the molecule is CSCC[C@H](N)C(=O)O.C[C@@H](O)[C@H](N)C(=O)O.C[C@H](N)C(=O)O. The summed E-state index contributed by atoms with van der Waals surface area (Å²) in [6.45, 7) is 2.75. The van der Waals surface area contributed by atoms with Crippen LogP contribution in [0.5, 0.6) is 0 Å². The largest absolute Gasteiger partial charge is 0.480 e. The second-order valence-electron chi connectivity index (χ2n) is 4.46. The quantitative estimate of drug-likeness (QED) is 0.274. The van der Waals surface area contributed by atoms with E-state index in [2.05, 4.69) is 0 Å². The molecule has 0 unspecified atom stereocenters. The highest BCUT2D eigenvalue weighted by Gasteiger charge is 2.16. The van der Waals surface area contributed by atoms with E-state index in [0.717, 1.165) is 5.75 Å². The Bertz CT molecular complexity index is 354. The van der Waals surface area contributed by atoms with Gasteiger partial charge in [0.15, 0.2) is 0 Å². The minimum atomic E-state index is -1.18. The summed E-state index contributed by atoms with van der Waals surface area (Å²) in [6.07, 6.45) is 1.50. The first-order chi connectivity index (χ1) is 10.4. The Balaban J connectivity index is -0.000000266. The third kappa shape index (κ3) is 20.6. The van der Waals surface area contributed by atoms with E-state index in [1.165, 1.54) is 13.8 Å². The Labute approximate surface area is 139 Å². The molecule has 10 nitrogen and oxygen atoms in total. The molecule has 23 heavy (non-hydrogen) atoms. The number of aliphatic hydroxyl groups excluding tert-OH is 1. The topological polar surface area (TPSA) is 210 Å². The van der Waals surface area contributed by atoms with Gasteiger partial charge in [-0.3, -0.25) is 14.4 Å². The summed E-state index contributed by atoms with van der Waals surface area (Å²) in [5, 5.41) is 32.7. The van der Waals surface area contributed by atoms with Crippen molar-refractivity contribution >= 4 is 29.7 Å². The van der Waals surface area contributed by atoms with Gasteiger partial charge in [0.2, 0.25) is 0 Å². The molecule has 0 amide bonds. The van der Waals surface area contributed by atoms with Crippen molar-refractivity contribution in [1.29, 1.82) is 0 Å². The molecule has 0 rings (SSSR count). The summed E-state index contributed by atoms with van der Waals surface area (Å²) >= 11 is 1.60. The number of carboxylic acids is 3. The van der Waals surface area contributed by atoms with Crippen molar-refractivity contribution in [2.24, 2.45) is 17.2 Å². The number of thioether (sulfide) groups is 1. The Morgan fingerprint density at radius 3 is 1.48 bits per heavy atom. The number of aliphatic carboxylic acids is 3. The summed E-state index contributed by atoms with van der Waals surface area (Å²) < 4.78 is 0. The number of carbonyl (C=O) groups is 3. The third-order valence-corrected chi connectivity index (χ3v) is 2.79. The van der Waals surface area contributed by atoms with E-state index in [1.807, 2.05) is 6.26 Å². The molecule has 0 aliphatic carbocycles. The van der Waals surface area contributed by atoms with Crippen molar-refractivity contribution in [2.45, 2.75) is 44.5 Å². The maximum Gasteiger partial charge on any atom is 0.323 e. The van der Waals surface area contributed by atoms with Crippen LogP contribution in [0.4, 0.5) is 0 Å². The molecule has 0 aromatic carbocycles. The number of nitrogens with two attached hydrogens (primary N) is 3. The average molecular weight is 357 g/mol. The molecular weight excluding hydrogens is 330 g/mol. The van der Waals surface area contributed by atoms with Crippen LogP contribution in [0.2, 0.25) is 0 Å². The second-order valence-corrected chi connectivity index (χ2v) is 5.44. The fourth-order valence-electron chi connectivity index (χ4n) is 0.575. The molecule has 0 heterocycles. The van der Waals surface area contributed by atoms with E-state index in [4.69, 9.17) is 37.6 Å². The molecule has 0 radical (unpaired) electrons. The van der Waals surface area contributed by atoms with Gasteiger partial charge in [0.05, 0.1) is 6.10 Å². The van der Waals surface area contributed by atoms with Crippen LogP contribution in [-0.2, 0) is 14.4 Å². The van der Waals surface area contributed by atoms with Gasteiger partial charge in [-0.1, -0.05) is 0 Å². The van der Waals surface area contributed by atoms with Crippen LogP contribution in [0.3, 0.4) is 0 Å². The Morgan fingerprint density at radius 1 is 0.957 bits per heavy atom. The number of carboxylic acid groups (broad SMARTS) is 3. The molecule has 11 heteroatoms. The molecule has 0 aromatic heterocycles. The highest BCUT2D eigenvalue weighted by atomic mass is 32.2. The van der Waals surface area contributed by atoms with Crippen molar-refractivity contribution in [1.82, 2.24) is 0 Å². The standard InChI is InChI=1S/C5H11NO2S.C4H9NO3.C3H7NO2/c1-9-3-2-4(6)5(7)8;1-2(6)3(5)4(7)8;1-2(4)3(5)6/h4H,2-3,6H2,1H3,(H,7,8);2-3,6H,5H2,1H3,(H,7,8);2H,4H2,1H3,(H,5,6)/t4-;2-,3+;2-/m010/s1. The zero-order valence-electron chi connectivity index (χ0n) is 13.4. The highest BCUT2D eigenvalue weighted by molar-refractivity contribution is 7.98. The summed E-state index contributed by atoms with van der Waals surface area (Å²) in [5.74, 6) is -2.24. The number of aliphatic hydroxyl groups is 1. The van der Waals surface area contributed by atoms with Gasteiger partial charge in [0.25, 0.3) is 0 Å². The Kier molecular flexibility index (Phi) is 17.8. The molecule has 0 aliphatic heterocycles. The molecule has 0 fully saturated rings. The van der Waals surface area contributed by atoms with E-state index in [9.17, 15) is 14.4 Å². The lowest BCUT2D eigenvalue weighted by Crippen LogP contribution is -2.39. The molecule has 0 saturated heterocycles. The van der Waals surface area contributed by atoms with Crippen LogP contribution >= 0.6 is 11.8 Å². The summed E-state index contributed by atoms with van der Waals surface area (Å²) in [7, 11) is 0. The molecular formula is C12H27N3O7S. The van der Waals surface area contributed by atoms with E-state index >= 15 is 0 Å². The van der Waals surface area contributed by atoms with Gasteiger partial charge in [-0.15, -0.1) is 0 Å². The van der Waals surface area contributed by atoms with E-state index in [1.54, 1.807) is 11.8 Å². The minimum Gasteiger partial charge on any atom is -0.480 e. The van der Waals surface area contributed by atoms with E-state index < -0.39 is 42.1 Å². The maximum atomic E-state index is 10.1. The molecule has 0 aliphatic rings. The van der Waals surface area contributed by atoms with Gasteiger partial charge in [0, 0.05) is 0 Å². The number of hydrogen-bond donors (Lipinski definition) is 7. The van der Waals surface area contributed by atoms with Crippen molar-refractivity contribution in [3.63, 3.8) is 0 Å². The number of rotatable bonds is 7. The smallest absolute Gasteiger partial charge is 0.323 e. The monoisotopic (exact) mass is 357 g/mol. The molecule has 0 bridgehead atoms. The Morgan fingerprint density at radius 2 is 1.35 bits per heavy atom. The molecule has 10 N–H and O–H groups in total. The van der Waals surface area contributed by atoms with E-state index in [0.29, 0.717) is 6.42 Å².